The highest BCUT2D eigenvalue weighted by atomic mass is 19.1. The molecule has 3 rings (SSSR count). The van der Waals surface area contributed by atoms with Crippen molar-refractivity contribution in [3.8, 4) is 22.4 Å². The Labute approximate surface area is 163 Å². The highest BCUT2D eigenvalue weighted by Crippen LogP contribution is 2.41. The van der Waals surface area contributed by atoms with Crippen molar-refractivity contribution < 1.29 is 14.0 Å². The maximum Gasteiger partial charge on any atom is 0.251 e. The number of hydrogen-bond donors (Lipinski definition) is 1. The van der Waals surface area contributed by atoms with Crippen LogP contribution in [0.1, 0.15) is 42.2 Å². The van der Waals surface area contributed by atoms with Gasteiger partial charge >= 0.3 is 0 Å². The number of rotatable bonds is 7. The van der Waals surface area contributed by atoms with E-state index in [-0.39, 0.29) is 11.7 Å². The van der Waals surface area contributed by atoms with E-state index < -0.39 is 5.91 Å². The molecule has 0 radical (unpaired) electrons. The molecule has 2 N–H and O–H groups in total. The molecule has 0 bridgehead atoms. The van der Waals surface area contributed by atoms with Crippen LogP contribution in [-0.2, 0) is 11.3 Å². The predicted octanol–water partition coefficient (Wildman–Crippen LogP) is 4.77. The number of nitrogens with two attached hydrogens (primary N) is 1. The standard InChI is InChI=1S/C23H23FN2O2/c1-15(2)21-20(23(25)28)19(16-7-4-3-5-8-16)22(26(21)13-6-14-27)17-9-11-18(24)12-10-17/h3-5,7-12,14-15H,6,13H2,1-2H3,(H2,25,28). The minimum Gasteiger partial charge on any atom is -0.366 e. The summed E-state index contributed by atoms with van der Waals surface area (Å²) in [6, 6.07) is 15.7. The van der Waals surface area contributed by atoms with Crippen molar-refractivity contribution in [2.45, 2.75) is 32.7 Å². The lowest BCUT2D eigenvalue weighted by Gasteiger charge is -2.16. The molecule has 0 saturated carbocycles. The van der Waals surface area contributed by atoms with Gasteiger partial charge in [0.25, 0.3) is 5.91 Å². The van der Waals surface area contributed by atoms with E-state index in [4.69, 9.17) is 5.73 Å². The second-order valence-electron chi connectivity index (χ2n) is 6.98. The fraction of sp³-hybridized carbons (Fsp3) is 0.217. The van der Waals surface area contributed by atoms with E-state index in [1.807, 2.05) is 48.7 Å². The first-order valence-electron chi connectivity index (χ1n) is 9.26. The van der Waals surface area contributed by atoms with Crippen molar-refractivity contribution >= 4 is 12.2 Å². The van der Waals surface area contributed by atoms with Gasteiger partial charge in [0.15, 0.2) is 0 Å². The van der Waals surface area contributed by atoms with Gasteiger partial charge < -0.3 is 15.1 Å². The maximum atomic E-state index is 13.5. The Hall–Kier alpha value is -3.21. The van der Waals surface area contributed by atoms with Gasteiger partial charge in [-0.05, 0) is 41.3 Å². The first kappa shape index (κ1) is 19.5. The van der Waals surface area contributed by atoms with Crippen molar-refractivity contribution in [1.29, 1.82) is 0 Å². The minimum absolute atomic E-state index is 0.00538. The van der Waals surface area contributed by atoms with Gasteiger partial charge in [0.1, 0.15) is 12.1 Å². The van der Waals surface area contributed by atoms with E-state index in [1.165, 1.54) is 12.1 Å². The van der Waals surface area contributed by atoms with Crippen LogP contribution in [0.25, 0.3) is 22.4 Å². The predicted molar refractivity (Wildman–Crippen MR) is 109 cm³/mol. The molecule has 4 nitrogen and oxygen atoms in total. The van der Waals surface area contributed by atoms with Crippen LogP contribution in [-0.4, -0.2) is 16.8 Å². The molecule has 0 unspecified atom stereocenters. The summed E-state index contributed by atoms with van der Waals surface area (Å²) in [4.78, 5) is 23.6. The highest BCUT2D eigenvalue weighted by molar-refractivity contribution is 6.05. The number of benzene rings is 2. The summed E-state index contributed by atoms with van der Waals surface area (Å²) >= 11 is 0. The zero-order valence-corrected chi connectivity index (χ0v) is 16.0. The molecule has 0 fully saturated rings. The monoisotopic (exact) mass is 378 g/mol. The molecule has 3 aromatic rings. The van der Waals surface area contributed by atoms with Gasteiger partial charge in [-0.2, -0.15) is 0 Å². The molecule has 0 aliphatic carbocycles. The second-order valence-corrected chi connectivity index (χ2v) is 6.98. The van der Waals surface area contributed by atoms with Crippen molar-refractivity contribution in [3.05, 3.63) is 71.7 Å². The number of primary amides is 1. The number of carbonyl (C=O) groups excluding carboxylic acids is 2. The van der Waals surface area contributed by atoms with Crippen LogP contribution in [0.4, 0.5) is 4.39 Å². The van der Waals surface area contributed by atoms with Gasteiger partial charge in [-0.25, -0.2) is 4.39 Å². The largest absolute Gasteiger partial charge is 0.366 e. The second kappa shape index (κ2) is 8.21. The first-order chi connectivity index (χ1) is 13.5. The average molecular weight is 378 g/mol. The molecule has 28 heavy (non-hydrogen) atoms. The highest BCUT2D eigenvalue weighted by Gasteiger charge is 2.28. The van der Waals surface area contributed by atoms with Crippen LogP contribution in [0.15, 0.2) is 54.6 Å². The molecule has 0 aliphatic heterocycles. The van der Waals surface area contributed by atoms with Gasteiger partial charge in [0, 0.05) is 24.2 Å². The Kier molecular flexibility index (Phi) is 5.73. The first-order valence-corrected chi connectivity index (χ1v) is 9.26. The quantitative estimate of drug-likeness (QED) is 0.602. The van der Waals surface area contributed by atoms with Crippen LogP contribution in [0, 0.1) is 5.82 Å². The number of halogens is 1. The lowest BCUT2D eigenvalue weighted by molar-refractivity contribution is -0.108. The molecule has 0 spiro atoms. The van der Waals surface area contributed by atoms with E-state index in [9.17, 15) is 14.0 Å². The Morgan fingerprint density at radius 1 is 1.07 bits per heavy atom. The summed E-state index contributed by atoms with van der Waals surface area (Å²) in [6.45, 7) is 4.39. The van der Waals surface area contributed by atoms with E-state index in [2.05, 4.69) is 0 Å². The Morgan fingerprint density at radius 3 is 2.25 bits per heavy atom. The van der Waals surface area contributed by atoms with Crippen LogP contribution >= 0.6 is 0 Å². The number of nitrogens with zero attached hydrogens (tertiary/aromatic N) is 1. The molecule has 1 heterocycles. The number of aromatic nitrogens is 1. The summed E-state index contributed by atoms with van der Waals surface area (Å²) in [5.41, 5.74) is 10.2. The third kappa shape index (κ3) is 3.60. The van der Waals surface area contributed by atoms with Crippen molar-refractivity contribution in [2.75, 3.05) is 0 Å². The molecule has 0 saturated heterocycles. The van der Waals surface area contributed by atoms with Crippen LogP contribution in [0.2, 0.25) is 0 Å². The van der Waals surface area contributed by atoms with Crippen molar-refractivity contribution in [1.82, 2.24) is 4.57 Å². The van der Waals surface area contributed by atoms with Crippen molar-refractivity contribution in [2.24, 2.45) is 5.73 Å². The Bertz CT molecular complexity index is 990. The van der Waals surface area contributed by atoms with Crippen LogP contribution in [0.5, 0.6) is 0 Å². The number of aldehydes is 1. The van der Waals surface area contributed by atoms with Gasteiger partial charge in [0.05, 0.1) is 11.3 Å². The summed E-state index contributed by atoms with van der Waals surface area (Å²) in [5.74, 6) is -0.850. The molecule has 0 aliphatic rings. The summed E-state index contributed by atoms with van der Waals surface area (Å²) in [5, 5.41) is 0. The zero-order valence-electron chi connectivity index (χ0n) is 16.0. The van der Waals surface area contributed by atoms with Gasteiger partial charge in [-0.1, -0.05) is 44.2 Å². The zero-order chi connectivity index (χ0) is 20.3. The van der Waals surface area contributed by atoms with Gasteiger partial charge in [-0.15, -0.1) is 0 Å². The fourth-order valence-corrected chi connectivity index (χ4v) is 3.69. The summed E-state index contributed by atoms with van der Waals surface area (Å²) in [7, 11) is 0. The molecule has 2 aromatic carbocycles. The summed E-state index contributed by atoms with van der Waals surface area (Å²) < 4.78 is 15.5. The number of hydrogen-bond acceptors (Lipinski definition) is 2. The van der Waals surface area contributed by atoms with E-state index in [1.54, 1.807) is 12.1 Å². The molecular formula is C23H23FN2O2. The topological polar surface area (TPSA) is 65.1 Å². The molecular weight excluding hydrogens is 355 g/mol. The molecule has 0 atom stereocenters. The normalized spacial score (nSPS) is 11.0. The third-order valence-corrected chi connectivity index (χ3v) is 4.75. The van der Waals surface area contributed by atoms with E-state index in [0.717, 1.165) is 28.8 Å². The lowest BCUT2D eigenvalue weighted by atomic mass is 9.94. The number of carbonyl (C=O) groups is 2. The van der Waals surface area contributed by atoms with Crippen LogP contribution < -0.4 is 5.73 Å². The molecule has 1 amide bonds. The van der Waals surface area contributed by atoms with Gasteiger partial charge in [-0.3, -0.25) is 4.79 Å². The van der Waals surface area contributed by atoms with Crippen molar-refractivity contribution in [3.63, 3.8) is 0 Å². The molecule has 5 heteroatoms. The maximum absolute atomic E-state index is 13.5. The summed E-state index contributed by atoms with van der Waals surface area (Å²) in [6.07, 6.45) is 1.15. The van der Waals surface area contributed by atoms with Crippen LogP contribution in [0.3, 0.4) is 0 Å². The Balaban J connectivity index is 2.45. The van der Waals surface area contributed by atoms with E-state index >= 15 is 0 Å². The van der Waals surface area contributed by atoms with E-state index in [0.29, 0.717) is 24.1 Å². The SMILES string of the molecule is CC(C)c1c(C(N)=O)c(-c2ccccc2)c(-c2ccc(F)cc2)n1CCC=O. The lowest BCUT2D eigenvalue weighted by Crippen LogP contribution is -2.16. The third-order valence-electron chi connectivity index (χ3n) is 4.75. The Morgan fingerprint density at radius 2 is 1.71 bits per heavy atom. The van der Waals surface area contributed by atoms with Gasteiger partial charge in [0.2, 0.25) is 0 Å². The number of amides is 1. The minimum atomic E-state index is -0.518. The smallest absolute Gasteiger partial charge is 0.251 e. The fourth-order valence-electron chi connectivity index (χ4n) is 3.69. The molecule has 144 valence electrons. The molecule has 1 aromatic heterocycles. The average Bonchev–Trinajstić information content (AvgIpc) is 3.03.